The summed E-state index contributed by atoms with van der Waals surface area (Å²) in [6.07, 6.45) is 8.26. The Morgan fingerprint density at radius 2 is 2.33 bits per heavy atom. The Morgan fingerprint density at radius 1 is 1.39 bits per heavy atom. The molecule has 0 saturated heterocycles. The summed E-state index contributed by atoms with van der Waals surface area (Å²) >= 11 is 1.72. The average Bonchev–Trinajstić information content (AvgIpc) is 2.88. The molecule has 18 heavy (non-hydrogen) atoms. The highest BCUT2D eigenvalue weighted by atomic mass is 32.1. The first-order valence-electron chi connectivity index (χ1n) is 6.81. The summed E-state index contributed by atoms with van der Waals surface area (Å²) in [5.41, 5.74) is 1.06. The number of thiophene rings is 1. The van der Waals surface area contributed by atoms with Crippen LogP contribution in [0.4, 0.5) is 5.82 Å². The maximum absolute atomic E-state index is 4.41. The molecule has 96 valence electrons. The third-order valence-corrected chi connectivity index (χ3v) is 4.85. The molecule has 0 radical (unpaired) electrons. The van der Waals surface area contributed by atoms with E-state index in [4.69, 9.17) is 0 Å². The van der Waals surface area contributed by atoms with Gasteiger partial charge in [0.1, 0.15) is 12.1 Å². The largest absolute Gasteiger partial charge is 0.366 e. The third-order valence-electron chi connectivity index (χ3n) is 3.94. The molecule has 0 aliphatic heterocycles. The fourth-order valence-corrected chi connectivity index (χ4v) is 3.68. The van der Waals surface area contributed by atoms with Crippen molar-refractivity contribution in [1.82, 2.24) is 9.97 Å². The summed E-state index contributed by atoms with van der Waals surface area (Å²) in [4.78, 5) is 8.70. The highest BCUT2D eigenvalue weighted by molar-refractivity contribution is 7.17. The first kappa shape index (κ1) is 11.9. The fourth-order valence-electron chi connectivity index (χ4n) is 2.88. The number of fused-ring (bicyclic) bond motifs is 1. The van der Waals surface area contributed by atoms with Crippen molar-refractivity contribution in [3.8, 4) is 0 Å². The van der Waals surface area contributed by atoms with E-state index in [2.05, 4.69) is 33.7 Å². The van der Waals surface area contributed by atoms with Crippen molar-refractivity contribution >= 4 is 27.4 Å². The molecular formula is C14H19N3S. The Bertz CT molecular complexity index is 522. The highest BCUT2D eigenvalue weighted by Gasteiger charge is 2.21. The third kappa shape index (κ3) is 2.34. The number of anilines is 1. The molecule has 1 fully saturated rings. The zero-order valence-electron chi connectivity index (χ0n) is 10.7. The SMILES string of the molecule is CCC1CCCC(Nc2ncnc3ccsc23)C1. The van der Waals surface area contributed by atoms with E-state index in [-0.39, 0.29) is 0 Å². The number of aromatic nitrogens is 2. The molecule has 3 rings (SSSR count). The highest BCUT2D eigenvalue weighted by Crippen LogP contribution is 2.31. The standard InChI is InChI=1S/C14H19N3S/c1-2-10-4-3-5-11(8-10)17-14-13-12(6-7-18-13)15-9-16-14/h6-7,9-11H,2-5,8H2,1H3,(H,15,16,17). The number of hydrogen-bond acceptors (Lipinski definition) is 4. The lowest BCUT2D eigenvalue weighted by Crippen LogP contribution is -2.27. The van der Waals surface area contributed by atoms with Gasteiger partial charge in [-0.3, -0.25) is 0 Å². The predicted octanol–water partition coefficient (Wildman–Crippen LogP) is 4.07. The molecule has 1 N–H and O–H groups in total. The Kier molecular flexibility index (Phi) is 3.46. The molecule has 1 aliphatic carbocycles. The van der Waals surface area contributed by atoms with Crippen molar-refractivity contribution in [2.75, 3.05) is 5.32 Å². The van der Waals surface area contributed by atoms with Gasteiger partial charge in [-0.2, -0.15) is 0 Å². The molecule has 2 aromatic heterocycles. The van der Waals surface area contributed by atoms with Crippen LogP contribution in [-0.2, 0) is 0 Å². The minimum absolute atomic E-state index is 0.587. The molecule has 0 bridgehead atoms. The summed E-state index contributed by atoms with van der Waals surface area (Å²) in [5, 5.41) is 5.72. The summed E-state index contributed by atoms with van der Waals surface area (Å²) in [5.74, 6) is 1.91. The molecule has 0 amide bonds. The van der Waals surface area contributed by atoms with Gasteiger partial charge in [0.2, 0.25) is 0 Å². The topological polar surface area (TPSA) is 37.8 Å². The van der Waals surface area contributed by atoms with Crippen LogP contribution in [0.15, 0.2) is 17.8 Å². The molecule has 2 heterocycles. The van der Waals surface area contributed by atoms with E-state index in [0.29, 0.717) is 6.04 Å². The molecule has 1 saturated carbocycles. The normalized spacial score (nSPS) is 24.3. The molecule has 1 aliphatic rings. The maximum atomic E-state index is 4.41. The van der Waals surface area contributed by atoms with Crippen LogP contribution in [0.25, 0.3) is 10.2 Å². The van der Waals surface area contributed by atoms with Crippen LogP contribution in [0.3, 0.4) is 0 Å². The van der Waals surface area contributed by atoms with Gasteiger partial charge in [0.05, 0.1) is 10.2 Å². The number of rotatable bonds is 3. The minimum atomic E-state index is 0.587. The Hall–Kier alpha value is -1.16. The fraction of sp³-hybridized carbons (Fsp3) is 0.571. The van der Waals surface area contributed by atoms with Gasteiger partial charge in [0.15, 0.2) is 0 Å². The van der Waals surface area contributed by atoms with Gasteiger partial charge in [-0.25, -0.2) is 9.97 Å². The lowest BCUT2D eigenvalue weighted by Gasteiger charge is -2.29. The van der Waals surface area contributed by atoms with Crippen LogP contribution in [-0.4, -0.2) is 16.0 Å². The van der Waals surface area contributed by atoms with Gasteiger partial charge in [-0.15, -0.1) is 11.3 Å². The molecule has 2 aromatic rings. The van der Waals surface area contributed by atoms with Crippen LogP contribution >= 0.6 is 11.3 Å². The molecule has 0 aromatic carbocycles. The van der Waals surface area contributed by atoms with Gasteiger partial charge in [-0.05, 0) is 30.2 Å². The van der Waals surface area contributed by atoms with Crippen LogP contribution in [0, 0.1) is 5.92 Å². The van der Waals surface area contributed by atoms with Crippen LogP contribution in [0.5, 0.6) is 0 Å². The first-order valence-corrected chi connectivity index (χ1v) is 7.69. The van der Waals surface area contributed by atoms with Gasteiger partial charge < -0.3 is 5.32 Å². The van der Waals surface area contributed by atoms with Crippen molar-refractivity contribution in [1.29, 1.82) is 0 Å². The summed E-state index contributed by atoms with van der Waals surface area (Å²) < 4.78 is 1.19. The Labute approximate surface area is 112 Å². The van der Waals surface area contributed by atoms with Crippen molar-refractivity contribution in [2.24, 2.45) is 5.92 Å². The second kappa shape index (κ2) is 5.22. The second-order valence-electron chi connectivity index (χ2n) is 5.14. The van der Waals surface area contributed by atoms with Gasteiger partial charge in [0, 0.05) is 6.04 Å². The first-order chi connectivity index (χ1) is 8.86. The van der Waals surface area contributed by atoms with Crippen molar-refractivity contribution in [2.45, 2.75) is 45.1 Å². The lowest BCUT2D eigenvalue weighted by atomic mass is 9.84. The molecule has 2 unspecified atom stereocenters. The lowest BCUT2D eigenvalue weighted by molar-refractivity contribution is 0.327. The molecule has 3 nitrogen and oxygen atoms in total. The molecular weight excluding hydrogens is 242 g/mol. The van der Waals surface area contributed by atoms with E-state index in [1.165, 1.54) is 36.8 Å². The second-order valence-corrected chi connectivity index (χ2v) is 6.06. The minimum Gasteiger partial charge on any atom is -0.366 e. The van der Waals surface area contributed by atoms with Gasteiger partial charge in [0.25, 0.3) is 0 Å². The monoisotopic (exact) mass is 261 g/mol. The van der Waals surface area contributed by atoms with E-state index in [0.717, 1.165) is 17.3 Å². The van der Waals surface area contributed by atoms with Gasteiger partial charge in [-0.1, -0.05) is 26.2 Å². The van der Waals surface area contributed by atoms with Crippen LogP contribution in [0.2, 0.25) is 0 Å². The van der Waals surface area contributed by atoms with Crippen LogP contribution in [0.1, 0.15) is 39.0 Å². The van der Waals surface area contributed by atoms with Gasteiger partial charge >= 0.3 is 0 Å². The smallest absolute Gasteiger partial charge is 0.147 e. The Balaban J connectivity index is 1.77. The zero-order valence-corrected chi connectivity index (χ0v) is 11.5. The van der Waals surface area contributed by atoms with Crippen molar-refractivity contribution in [3.63, 3.8) is 0 Å². The molecule has 4 heteroatoms. The quantitative estimate of drug-likeness (QED) is 0.905. The predicted molar refractivity (Wildman–Crippen MR) is 77.1 cm³/mol. The number of hydrogen-bond donors (Lipinski definition) is 1. The summed E-state index contributed by atoms with van der Waals surface area (Å²) in [7, 11) is 0. The number of nitrogens with zero attached hydrogens (tertiary/aromatic N) is 2. The molecule has 2 atom stereocenters. The van der Waals surface area contributed by atoms with E-state index < -0.39 is 0 Å². The van der Waals surface area contributed by atoms with E-state index in [1.807, 2.05) is 0 Å². The van der Waals surface area contributed by atoms with Crippen LogP contribution < -0.4 is 5.32 Å². The van der Waals surface area contributed by atoms with Crippen molar-refractivity contribution < 1.29 is 0 Å². The average molecular weight is 261 g/mol. The number of nitrogens with one attached hydrogen (secondary N) is 1. The summed E-state index contributed by atoms with van der Waals surface area (Å²) in [6.45, 7) is 2.30. The van der Waals surface area contributed by atoms with E-state index in [9.17, 15) is 0 Å². The molecule has 0 spiro atoms. The Morgan fingerprint density at radius 3 is 3.22 bits per heavy atom. The van der Waals surface area contributed by atoms with E-state index in [1.54, 1.807) is 17.7 Å². The van der Waals surface area contributed by atoms with E-state index >= 15 is 0 Å². The van der Waals surface area contributed by atoms with Crippen molar-refractivity contribution in [3.05, 3.63) is 17.8 Å². The summed E-state index contributed by atoms with van der Waals surface area (Å²) in [6, 6.07) is 2.65. The zero-order chi connectivity index (χ0) is 12.4. The maximum Gasteiger partial charge on any atom is 0.147 e.